The van der Waals surface area contributed by atoms with E-state index in [0.717, 1.165) is 0 Å². The van der Waals surface area contributed by atoms with Crippen molar-refractivity contribution in [2.24, 2.45) is 0 Å². The molecule has 166 valence electrons. The van der Waals surface area contributed by atoms with Crippen LogP contribution in [0.15, 0.2) is 83.8 Å². The molecule has 3 aromatic rings. The zero-order valence-electron chi connectivity index (χ0n) is 17.8. The van der Waals surface area contributed by atoms with E-state index in [0.29, 0.717) is 22.8 Å². The van der Waals surface area contributed by atoms with Gasteiger partial charge in [0, 0.05) is 5.56 Å². The molecule has 0 fully saturated rings. The van der Waals surface area contributed by atoms with E-state index in [4.69, 9.17) is 15.4 Å². The van der Waals surface area contributed by atoms with Crippen LogP contribution in [0.25, 0.3) is 0 Å². The van der Waals surface area contributed by atoms with Gasteiger partial charge in [-0.2, -0.15) is 0 Å². The predicted octanol–water partition coefficient (Wildman–Crippen LogP) is 5.92. The first-order chi connectivity index (χ1) is 15.0. The van der Waals surface area contributed by atoms with Crippen LogP contribution in [-0.2, 0) is 10.0 Å². The molecule has 0 aliphatic carbocycles. The molecule has 3 rings (SSSR count). The quantitative estimate of drug-likeness (QED) is 0.365. The standard InChI is InChI=1S/C15H13ClFNO3S.C7H8.C2H6/c16-22(20)14-7-5-13(6-8-14)21-10-9-18-15(19)11-1-3-12(17)4-2-11;1-7-5-3-2-4-6-7;1-2/h1-8H,9-10H2,(H,18,19);2-6H,1H3;1-2H3. The second-order valence-corrected chi connectivity index (χ2v) is 7.72. The minimum absolute atomic E-state index is 0.274. The van der Waals surface area contributed by atoms with Gasteiger partial charge >= 0.3 is 0 Å². The van der Waals surface area contributed by atoms with Gasteiger partial charge in [-0.3, -0.25) is 4.79 Å². The molecule has 0 bridgehead atoms. The highest BCUT2D eigenvalue weighted by Gasteiger charge is 2.05. The van der Waals surface area contributed by atoms with Gasteiger partial charge in [-0.15, -0.1) is 0 Å². The summed E-state index contributed by atoms with van der Waals surface area (Å²) in [6, 6.07) is 22.1. The van der Waals surface area contributed by atoms with Crippen LogP contribution in [0.3, 0.4) is 0 Å². The van der Waals surface area contributed by atoms with Crippen molar-refractivity contribution >= 4 is 26.6 Å². The van der Waals surface area contributed by atoms with E-state index in [1.54, 1.807) is 24.3 Å². The smallest absolute Gasteiger partial charge is 0.251 e. The van der Waals surface area contributed by atoms with Crippen molar-refractivity contribution in [3.63, 3.8) is 0 Å². The first-order valence-electron chi connectivity index (χ1n) is 9.82. The van der Waals surface area contributed by atoms with Crippen LogP contribution in [0.1, 0.15) is 29.8 Å². The summed E-state index contributed by atoms with van der Waals surface area (Å²) in [5, 5.41) is 2.66. The predicted molar refractivity (Wildman–Crippen MR) is 125 cm³/mol. The zero-order chi connectivity index (χ0) is 23.1. The molecule has 0 saturated carbocycles. The van der Waals surface area contributed by atoms with Crippen molar-refractivity contribution in [1.29, 1.82) is 0 Å². The summed E-state index contributed by atoms with van der Waals surface area (Å²) in [5.74, 6) is -0.0976. The minimum atomic E-state index is -1.54. The second-order valence-electron chi connectivity index (χ2n) is 5.96. The number of hydrogen-bond donors (Lipinski definition) is 1. The van der Waals surface area contributed by atoms with Crippen molar-refractivity contribution in [2.75, 3.05) is 13.2 Å². The minimum Gasteiger partial charge on any atom is -0.492 e. The molecule has 0 radical (unpaired) electrons. The highest BCUT2D eigenvalue weighted by Crippen LogP contribution is 2.16. The summed E-state index contributed by atoms with van der Waals surface area (Å²) >= 11 is 0. The molecule has 0 spiro atoms. The van der Waals surface area contributed by atoms with Gasteiger partial charge in [0.1, 0.15) is 28.2 Å². The zero-order valence-corrected chi connectivity index (χ0v) is 19.4. The molecule has 1 amide bonds. The fraction of sp³-hybridized carbons (Fsp3) is 0.208. The molecule has 7 heteroatoms. The van der Waals surface area contributed by atoms with E-state index in [1.165, 1.54) is 29.8 Å². The van der Waals surface area contributed by atoms with Gasteiger partial charge in [-0.25, -0.2) is 8.60 Å². The van der Waals surface area contributed by atoms with Crippen LogP contribution in [0.2, 0.25) is 0 Å². The highest BCUT2D eigenvalue weighted by molar-refractivity contribution is 8.08. The maximum atomic E-state index is 12.7. The molecule has 31 heavy (non-hydrogen) atoms. The number of halogens is 2. The van der Waals surface area contributed by atoms with Crippen molar-refractivity contribution < 1.29 is 18.1 Å². The van der Waals surface area contributed by atoms with E-state index in [-0.39, 0.29) is 18.3 Å². The molecular formula is C24H27ClFNO3S. The molecule has 0 heterocycles. The number of hydrogen-bond acceptors (Lipinski definition) is 3. The number of carbonyl (C=O) groups excluding carboxylic acids is 1. The molecule has 4 nitrogen and oxygen atoms in total. The summed E-state index contributed by atoms with van der Waals surface area (Å²) in [7, 11) is 3.90. The van der Waals surface area contributed by atoms with E-state index >= 15 is 0 Å². The molecule has 1 unspecified atom stereocenters. The third-order valence-corrected chi connectivity index (χ3v) is 4.89. The Labute approximate surface area is 190 Å². The van der Waals surface area contributed by atoms with Crippen molar-refractivity contribution in [3.05, 3.63) is 95.8 Å². The Morgan fingerprint density at radius 3 is 2.03 bits per heavy atom. The third-order valence-electron chi connectivity index (χ3n) is 3.71. The van der Waals surface area contributed by atoms with E-state index < -0.39 is 10.0 Å². The third kappa shape index (κ3) is 10.8. The summed E-state index contributed by atoms with van der Waals surface area (Å²) < 4.78 is 29.2. The Balaban J connectivity index is 0.000000447. The summed E-state index contributed by atoms with van der Waals surface area (Å²) in [6.45, 7) is 6.66. The largest absolute Gasteiger partial charge is 0.492 e. The molecule has 3 aromatic carbocycles. The van der Waals surface area contributed by atoms with Crippen LogP contribution in [0.4, 0.5) is 4.39 Å². The topological polar surface area (TPSA) is 55.4 Å². The summed E-state index contributed by atoms with van der Waals surface area (Å²) in [4.78, 5) is 12.2. The fourth-order valence-corrected chi connectivity index (χ4v) is 2.87. The van der Waals surface area contributed by atoms with Gasteiger partial charge in [0.15, 0.2) is 0 Å². The van der Waals surface area contributed by atoms with Crippen LogP contribution < -0.4 is 10.1 Å². The number of aryl methyl sites for hydroxylation is 1. The number of rotatable bonds is 6. The number of amides is 1. The summed E-state index contributed by atoms with van der Waals surface area (Å²) in [6.07, 6.45) is 0. The highest BCUT2D eigenvalue weighted by atomic mass is 35.7. The maximum Gasteiger partial charge on any atom is 0.251 e. The van der Waals surface area contributed by atoms with Gasteiger partial charge in [0.2, 0.25) is 0 Å². The lowest BCUT2D eigenvalue weighted by Crippen LogP contribution is -2.28. The molecule has 0 aliphatic heterocycles. The number of nitrogens with one attached hydrogen (secondary N) is 1. The van der Waals surface area contributed by atoms with Crippen molar-refractivity contribution in [2.45, 2.75) is 25.7 Å². The Bertz CT molecular complexity index is 920. The molecule has 1 N–H and O–H groups in total. The fourth-order valence-electron chi connectivity index (χ4n) is 2.21. The Morgan fingerprint density at radius 2 is 1.55 bits per heavy atom. The van der Waals surface area contributed by atoms with E-state index in [2.05, 4.69) is 24.4 Å². The molecule has 0 saturated heterocycles. The second kappa shape index (κ2) is 15.2. The normalized spacial score (nSPS) is 10.5. The van der Waals surface area contributed by atoms with Crippen molar-refractivity contribution in [1.82, 2.24) is 5.32 Å². The summed E-state index contributed by atoms with van der Waals surface area (Å²) in [5.41, 5.74) is 1.71. The first-order valence-corrected chi connectivity index (χ1v) is 11.8. The molecular weight excluding hydrogens is 437 g/mol. The average Bonchev–Trinajstić information content (AvgIpc) is 2.79. The molecule has 0 aliphatic rings. The number of carbonyl (C=O) groups is 1. The van der Waals surface area contributed by atoms with Crippen molar-refractivity contribution in [3.8, 4) is 5.75 Å². The van der Waals surface area contributed by atoms with Gasteiger partial charge in [0.05, 0.1) is 11.4 Å². The Kier molecular flexibility index (Phi) is 12.9. The molecule has 1 atom stereocenters. The SMILES string of the molecule is CC.Cc1ccccc1.O=C(NCCOc1ccc(S(=O)Cl)cc1)c1ccc(F)cc1. The lowest BCUT2D eigenvalue weighted by Gasteiger charge is -2.08. The monoisotopic (exact) mass is 463 g/mol. The van der Waals surface area contributed by atoms with Crippen LogP contribution in [0.5, 0.6) is 5.75 Å². The van der Waals surface area contributed by atoms with E-state index in [9.17, 15) is 13.4 Å². The van der Waals surface area contributed by atoms with Crippen LogP contribution >= 0.6 is 10.7 Å². The van der Waals surface area contributed by atoms with Gasteiger partial charge in [0.25, 0.3) is 5.91 Å². The number of ether oxygens (including phenoxy) is 1. The average molecular weight is 464 g/mol. The maximum absolute atomic E-state index is 12.7. The van der Waals surface area contributed by atoms with Crippen LogP contribution in [-0.4, -0.2) is 23.3 Å². The Hall–Kier alpha value is -2.70. The molecule has 0 aromatic heterocycles. The van der Waals surface area contributed by atoms with Gasteiger partial charge < -0.3 is 10.1 Å². The Morgan fingerprint density at radius 1 is 0.968 bits per heavy atom. The van der Waals surface area contributed by atoms with Gasteiger partial charge in [-0.1, -0.05) is 49.7 Å². The first kappa shape index (κ1) is 26.3. The van der Waals surface area contributed by atoms with E-state index in [1.807, 2.05) is 32.0 Å². The lowest BCUT2D eigenvalue weighted by atomic mass is 10.2. The lowest BCUT2D eigenvalue weighted by molar-refractivity contribution is 0.0947. The van der Waals surface area contributed by atoms with Crippen LogP contribution in [0, 0.1) is 12.7 Å². The van der Waals surface area contributed by atoms with Gasteiger partial charge in [-0.05, 0) is 66.1 Å². The number of benzene rings is 3.